The van der Waals surface area contributed by atoms with Gasteiger partial charge in [0, 0.05) is 18.3 Å². The molecule has 2 heterocycles. The van der Waals surface area contributed by atoms with Crippen LogP contribution in [0, 0.1) is 6.92 Å². The predicted molar refractivity (Wildman–Crippen MR) is 81.1 cm³/mol. The molecular formula is C15H19N3OS. The number of aryl methyl sites for hydroxylation is 1. The fourth-order valence-electron chi connectivity index (χ4n) is 1.87. The maximum Gasteiger partial charge on any atom is 0.263 e. The largest absolute Gasteiger partial charge is 0.345 e. The van der Waals surface area contributed by atoms with Gasteiger partial charge < -0.3 is 5.32 Å². The van der Waals surface area contributed by atoms with Crippen LogP contribution in [0.15, 0.2) is 24.5 Å². The fraction of sp³-hybridized carbons (Fsp3) is 0.400. The van der Waals surface area contributed by atoms with Gasteiger partial charge in [0.05, 0.1) is 16.7 Å². The van der Waals surface area contributed by atoms with Crippen molar-refractivity contribution in [2.45, 2.75) is 39.7 Å². The van der Waals surface area contributed by atoms with Gasteiger partial charge in [0.2, 0.25) is 0 Å². The van der Waals surface area contributed by atoms with E-state index < -0.39 is 0 Å². The number of nitrogens with zero attached hydrogens (tertiary/aromatic N) is 2. The van der Waals surface area contributed by atoms with Gasteiger partial charge in [-0.15, -0.1) is 11.3 Å². The Labute approximate surface area is 123 Å². The molecule has 0 bridgehead atoms. The molecule has 0 aliphatic heterocycles. The normalized spacial score (nSPS) is 12.4. The van der Waals surface area contributed by atoms with Crippen LogP contribution in [0.2, 0.25) is 0 Å². The molecule has 2 rings (SSSR count). The zero-order valence-corrected chi connectivity index (χ0v) is 13.0. The van der Waals surface area contributed by atoms with Gasteiger partial charge in [-0.1, -0.05) is 13.8 Å². The Morgan fingerprint density at radius 3 is 2.45 bits per heavy atom. The molecule has 2 aromatic rings. The minimum Gasteiger partial charge on any atom is -0.345 e. The summed E-state index contributed by atoms with van der Waals surface area (Å²) in [4.78, 5) is 21.5. The highest BCUT2D eigenvalue weighted by Crippen LogP contribution is 2.25. The molecule has 0 aliphatic carbocycles. The van der Waals surface area contributed by atoms with E-state index in [9.17, 15) is 4.79 Å². The van der Waals surface area contributed by atoms with E-state index in [1.54, 1.807) is 12.4 Å². The Morgan fingerprint density at radius 1 is 1.25 bits per heavy atom. The first-order valence-electron chi connectivity index (χ1n) is 6.67. The number of hydrogen-bond donors (Lipinski definition) is 1. The van der Waals surface area contributed by atoms with Gasteiger partial charge in [0.25, 0.3) is 5.91 Å². The molecule has 2 aromatic heterocycles. The fourth-order valence-corrected chi connectivity index (χ4v) is 2.84. The molecule has 4 nitrogen and oxygen atoms in total. The van der Waals surface area contributed by atoms with Crippen LogP contribution in [0.4, 0.5) is 0 Å². The van der Waals surface area contributed by atoms with Crippen molar-refractivity contribution in [2.24, 2.45) is 0 Å². The van der Waals surface area contributed by atoms with E-state index in [-0.39, 0.29) is 11.9 Å². The highest BCUT2D eigenvalue weighted by Gasteiger charge is 2.18. The minimum absolute atomic E-state index is 0.0468. The Kier molecular flexibility index (Phi) is 4.49. The molecular weight excluding hydrogens is 270 g/mol. The van der Waals surface area contributed by atoms with Crippen molar-refractivity contribution in [2.75, 3.05) is 0 Å². The van der Waals surface area contributed by atoms with Gasteiger partial charge >= 0.3 is 0 Å². The lowest BCUT2D eigenvalue weighted by atomic mass is 10.1. The number of pyridine rings is 1. The zero-order valence-electron chi connectivity index (χ0n) is 12.2. The summed E-state index contributed by atoms with van der Waals surface area (Å²) in [6, 6.07) is 3.77. The summed E-state index contributed by atoms with van der Waals surface area (Å²) in [6.45, 7) is 8.01. The van der Waals surface area contributed by atoms with Crippen molar-refractivity contribution in [1.82, 2.24) is 15.3 Å². The summed E-state index contributed by atoms with van der Waals surface area (Å²) >= 11 is 1.48. The van der Waals surface area contributed by atoms with E-state index >= 15 is 0 Å². The van der Waals surface area contributed by atoms with Crippen molar-refractivity contribution in [3.05, 3.63) is 45.7 Å². The number of thiazole rings is 1. The smallest absolute Gasteiger partial charge is 0.263 e. The molecule has 0 spiro atoms. The SMILES string of the molecule is Cc1nc(C(C)C)sc1C(=O)NC(C)c1ccncc1. The standard InChI is InChI=1S/C15H19N3OS/c1-9(2)15-18-11(4)13(20-15)14(19)17-10(3)12-5-7-16-8-6-12/h5-10H,1-4H3,(H,17,19). The van der Waals surface area contributed by atoms with E-state index in [4.69, 9.17) is 0 Å². The van der Waals surface area contributed by atoms with Crippen LogP contribution in [-0.4, -0.2) is 15.9 Å². The highest BCUT2D eigenvalue weighted by atomic mass is 32.1. The molecule has 0 fully saturated rings. The van der Waals surface area contributed by atoms with Crippen LogP contribution in [0.1, 0.15) is 58.7 Å². The van der Waals surface area contributed by atoms with Gasteiger partial charge in [-0.25, -0.2) is 4.98 Å². The van der Waals surface area contributed by atoms with Crippen LogP contribution in [0.25, 0.3) is 0 Å². The van der Waals surface area contributed by atoms with Gasteiger partial charge in [-0.3, -0.25) is 9.78 Å². The zero-order chi connectivity index (χ0) is 14.7. The first-order valence-corrected chi connectivity index (χ1v) is 7.48. The van der Waals surface area contributed by atoms with Crippen LogP contribution >= 0.6 is 11.3 Å². The number of aromatic nitrogens is 2. The lowest BCUT2D eigenvalue weighted by Gasteiger charge is -2.13. The molecule has 5 heteroatoms. The summed E-state index contributed by atoms with van der Waals surface area (Å²) in [5.74, 6) is 0.286. The van der Waals surface area contributed by atoms with Gasteiger partial charge in [-0.2, -0.15) is 0 Å². The van der Waals surface area contributed by atoms with Crippen molar-refractivity contribution >= 4 is 17.2 Å². The summed E-state index contributed by atoms with van der Waals surface area (Å²) in [7, 11) is 0. The van der Waals surface area contributed by atoms with Crippen LogP contribution < -0.4 is 5.32 Å². The number of rotatable bonds is 4. The maximum atomic E-state index is 12.3. The molecule has 0 aliphatic rings. The van der Waals surface area contributed by atoms with E-state index in [2.05, 4.69) is 29.1 Å². The molecule has 1 amide bonds. The van der Waals surface area contributed by atoms with Crippen LogP contribution in [0.3, 0.4) is 0 Å². The average molecular weight is 289 g/mol. The molecule has 20 heavy (non-hydrogen) atoms. The summed E-state index contributed by atoms with van der Waals surface area (Å²) in [5.41, 5.74) is 1.85. The van der Waals surface area contributed by atoms with Gasteiger partial charge in [0.15, 0.2) is 0 Å². The molecule has 0 saturated carbocycles. The van der Waals surface area contributed by atoms with Crippen molar-refractivity contribution in [3.63, 3.8) is 0 Å². The second-order valence-corrected chi connectivity index (χ2v) is 6.13. The number of hydrogen-bond acceptors (Lipinski definition) is 4. The lowest BCUT2D eigenvalue weighted by molar-refractivity contribution is 0.0943. The summed E-state index contributed by atoms with van der Waals surface area (Å²) in [5, 5.41) is 4.01. The Bertz CT molecular complexity index is 592. The topological polar surface area (TPSA) is 54.9 Å². The Hall–Kier alpha value is -1.75. The van der Waals surface area contributed by atoms with E-state index in [1.807, 2.05) is 26.0 Å². The molecule has 0 radical (unpaired) electrons. The van der Waals surface area contributed by atoms with E-state index in [0.717, 1.165) is 16.3 Å². The third kappa shape index (κ3) is 3.22. The first kappa shape index (κ1) is 14.7. The monoisotopic (exact) mass is 289 g/mol. The van der Waals surface area contributed by atoms with Crippen molar-refractivity contribution in [3.8, 4) is 0 Å². The number of carbonyl (C=O) groups excluding carboxylic acids is 1. The quantitative estimate of drug-likeness (QED) is 0.937. The first-order chi connectivity index (χ1) is 9.49. The number of amides is 1. The lowest BCUT2D eigenvalue weighted by Crippen LogP contribution is -2.26. The summed E-state index contributed by atoms with van der Waals surface area (Å²) < 4.78 is 0. The highest BCUT2D eigenvalue weighted by molar-refractivity contribution is 7.13. The second kappa shape index (κ2) is 6.13. The van der Waals surface area contributed by atoms with Gasteiger partial charge in [-0.05, 0) is 31.5 Å². The predicted octanol–water partition coefficient (Wildman–Crippen LogP) is 3.46. The van der Waals surface area contributed by atoms with Crippen LogP contribution in [-0.2, 0) is 0 Å². The molecule has 106 valence electrons. The van der Waals surface area contributed by atoms with E-state index in [0.29, 0.717) is 10.8 Å². The third-order valence-electron chi connectivity index (χ3n) is 3.07. The molecule has 1 N–H and O–H groups in total. The molecule has 1 unspecified atom stereocenters. The minimum atomic E-state index is -0.0591. The Balaban J connectivity index is 2.12. The number of carbonyl (C=O) groups is 1. The van der Waals surface area contributed by atoms with Crippen molar-refractivity contribution in [1.29, 1.82) is 0 Å². The maximum absolute atomic E-state index is 12.3. The molecule has 0 aromatic carbocycles. The summed E-state index contributed by atoms with van der Waals surface area (Å²) in [6.07, 6.45) is 3.46. The molecule has 1 atom stereocenters. The van der Waals surface area contributed by atoms with Gasteiger partial charge in [0.1, 0.15) is 4.88 Å². The van der Waals surface area contributed by atoms with E-state index in [1.165, 1.54) is 11.3 Å². The average Bonchev–Trinajstić information content (AvgIpc) is 2.82. The Morgan fingerprint density at radius 2 is 1.90 bits per heavy atom. The van der Waals surface area contributed by atoms with Crippen LogP contribution in [0.5, 0.6) is 0 Å². The third-order valence-corrected chi connectivity index (χ3v) is 4.52. The second-order valence-electron chi connectivity index (χ2n) is 5.10. The van der Waals surface area contributed by atoms with Crippen molar-refractivity contribution < 1.29 is 4.79 Å². The number of nitrogens with one attached hydrogen (secondary N) is 1. The molecule has 0 saturated heterocycles.